The largest absolute Gasteiger partial charge is 0.370 e. The van der Waals surface area contributed by atoms with Crippen molar-refractivity contribution in [1.82, 2.24) is 14.6 Å². The fourth-order valence-electron chi connectivity index (χ4n) is 3.09. The van der Waals surface area contributed by atoms with Crippen molar-refractivity contribution >= 4 is 23.1 Å². The summed E-state index contributed by atoms with van der Waals surface area (Å²) >= 11 is 6.03. The fraction of sp³-hybridized carbons (Fsp3) is 0.400. The van der Waals surface area contributed by atoms with E-state index in [-0.39, 0.29) is 0 Å². The molecule has 25 heavy (non-hydrogen) atoms. The summed E-state index contributed by atoms with van der Waals surface area (Å²) < 4.78 is 1.92. The molecule has 0 saturated heterocycles. The quantitative estimate of drug-likeness (QED) is 0.555. The first kappa shape index (κ1) is 17.7. The number of halogens is 1. The summed E-state index contributed by atoms with van der Waals surface area (Å²) in [5, 5.41) is 8.99. The summed E-state index contributed by atoms with van der Waals surface area (Å²) in [6, 6.07) is 9.92. The maximum atomic E-state index is 6.03. The lowest BCUT2D eigenvalue weighted by Crippen LogP contribution is -2.08. The second-order valence-electron chi connectivity index (χ2n) is 6.47. The lowest BCUT2D eigenvalue weighted by atomic mass is 10.1. The Kier molecular flexibility index (Phi) is 5.59. The molecule has 0 aliphatic carbocycles. The second-order valence-corrected chi connectivity index (χ2v) is 6.91. The van der Waals surface area contributed by atoms with Crippen molar-refractivity contribution in [3.8, 4) is 11.1 Å². The number of fused-ring (bicyclic) bond motifs is 1. The Morgan fingerprint density at radius 1 is 1.08 bits per heavy atom. The monoisotopic (exact) mass is 356 g/mol. The maximum absolute atomic E-state index is 6.03. The van der Waals surface area contributed by atoms with Crippen LogP contribution in [0.1, 0.15) is 44.0 Å². The number of rotatable bonds is 7. The molecular formula is C20H25ClN4. The zero-order valence-electron chi connectivity index (χ0n) is 15.1. The van der Waals surface area contributed by atoms with E-state index in [0.717, 1.165) is 45.5 Å². The number of benzene rings is 1. The van der Waals surface area contributed by atoms with Gasteiger partial charge in [-0.15, -0.1) is 0 Å². The van der Waals surface area contributed by atoms with E-state index in [0.29, 0.717) is 0 Å². The van der Waals surface area contributed by atoms with Crippen LogP contribution in [0.25, 0.3) is 16.8 Å². The minimum Gasteiger partial charge on any atom is -0.370 e. The van der Waals surface area contributed by atoms with Crippen molar-refractivity contribution in [1.29, 1.82) is 0 Å². The minimum absolute atomic E-state index is 0.733. The summed E-state index contributed by atoms with van der Waals surface area (Å²) in [5.41, 5.74) is 4.99. The third kappa shape index (κ3) is 3.96. The van der Waals surface area contributed by atoms with Crippen LogP contribution in [-0.2, 0) is 0 Å². The molecule has 0 saturated carbocycles. The van der Waals surface area contributed by atoms with Gasteiger partial charge in [-0.3, -0.25) is 0 Å². The topological polar surface area (TPSA) is 42.2 Å². The number of anilines is 1. The number of aryl methyl sites for hydroxylation is 2. The number of unbranched alkanes of at least 4 members (excludes halogenated alkanes) is 3. The fourth-order valence-corrected chi connectivity index (χ4v) is 3.22. The van der Waals surface area contributed by atoms with Crippen LogP contribution in [0.5, 0.6) is 0 Å². The molecular weight excluding hydrogens is 332 g/mol. The lowest BCUT2D eigenvalue weighted by Gasteiger charge is -2.09. The van der Waals surface area contributed by atoms with Crippen molar-refractivity contribution in [2.24, 2.45) is 0 Å². The molecule has 2 heterocycles. The highest BCUT2D eigenvalue weighted by atomic mass is 35.5. The molecule has 1 aromatic carbocycles. The van der Waals surface area contributed by atoms with Crippen molar-refractivity contribution in [2.75, 3.05) is 11.9 Å². The first-order chi connectivity index (χ1) is 12.1. The summed E-state index contributed by atoms with van der Waals surface area (Å²) in [6.45, 7) is 7.23. The highest BCUT2D eigenvalue weighted by molar-refractivity contribution is 6.30. The van der Waals surface area contributed by atoms with Crippen LogP contribution in [-0.4, -0.2) is 21.1 Å². The van der Waals surface area contributed by atoms with E-state index in [4.69, 9.17) is 21.7 Å². The van der Waals surface area contributed by atoms with Gasteiger partial charge in [0.15, 0.2) is 5.65 Å². The molecule has 0 unspecified atom stereocenters. The first-order valence-electron chi connectivity index (χ1n) is 8.97. The standard InChI is InChI=1S/C20H25ClN4/c1-4-5-6-7-12-22-18-13-14(2)23-20-19(15(3)24-25(18)20)16-8-10-17(21)11-9-16/h8-11,13,22H,4-7,12H2,1-3H3. The summed E-state index contributed by atoms with van der Waals surface area (Å²) in [7, 11) is 0. The summed E-state index contributed by atoms with van der Waals surface area (Å²) in [6.07, 6.45) is 4.96. The predicted molar refractivity (Wildman–Crippen MR) is 106 cm³/mol. The van der Waals surface area contributed by atoms with E-state index >= 15 is 0 Å². The number of hydrogen-bond donors (Lipinski definition) is 1. The van der Waals surface area contributed by atoms with Gasteiger partial charge in [-0.1, -0.05) is 49.9 Å². The van der Waals surface area contributed by atoms with E-state index in [2.05, 4.69) is 18.3 Å². The zero-order valence-corrected chi connectivity index (χ0v) is 15.9. The molecule has 0 fully saturated rings. The Morgan fingerprint density at radius 3 is 2.56 bits per heavy atom. The van der Waals surface area contributed by atoms with Gasteiger partial charge in [-0.25, -0.2) is 4.98 Å². The SMILES string of the molecule is CCCCCCNc1cc(C)nc2c(-c3ccc(Cl)cc3)c(C)nn12. The highest BCUT2D eigenvalue weighted by Crippen LogP contribution is 2.30. The molecule has 0 aliphatic rings. The van der Waals surface area contributed by atoms with Crippen molar-refractivity contribution in [2.45, 2.75) is 46.5 Å². The van der Waals surface area contributed by atoms with Gasteiger partial charge in [0.25, 0.3) is 0 Å². The van der Waals surface area contributed by atoms with Gasteiger partial charge < -0.3 is 5.32 Å². The van der Waals surface area contributed by atoms with Crippen LogP contribution in [0.15, 0.2) is 30.3 Å². The predicted octanol–water partition coefficient (Wildman–Crippen LogP) is 5.66. The molecule has 0 radical (unpaired) electrons. The maximum Gasteiger partial charge on any atom is 0.165 e. The summed E-state index contributed by atoms with van der Waals surface area (Å²) in [4.78, 5) is 4.74. The molecule has 0 bridgehead atoms. The Balaban J connectivity index is 1.95. The van der Waals surface area contributed by atoms with Crippen molar-refractivity contribution < 1.29 is 0 Å². The molecule has 0 spiro atoms. The van der Waals surface area contributed by atoms with E-state index in [9.17, 15) is 0 Å². The highest BCUT2D eigenvalue weighted by Gasteiger charge is 2.15. The Hall–Kier alpha value is -2.07. The first-order valence-corrected chi connectivity index (χ1v) is 9.34. The molecule has 5 heteroatoms. The van der Waals surface area contributed by atoms with E-state index in [1.807, 2.05) is 42.6 Å². The van der Waals surface area contributed by atoms with Gasteiger partial charge in [0.2, 0.25) is 0 Å². The zero-order chi connectivity index (χ0) is 17.8. The molecule has 3 aromatic rings. The molecule has 4 nitrogen and oxygen atoms in total. The van der Waals surface area contributed by atoms with Crippen LogP contribution in [0.3, 0.4) is 0 Å². The molecule has 132 valence electrons. The number of nitrogens with zero attached hydrogens (tertiary/aromatic N) is 3. The second kappa shape index (κ2) is 7.87. The van der Waals surface area contributed by atoms with Crippen molar-refractivity contribution in [3.05, 3.63) is 46.7 Å². The summed E-state index contributed by atoms with van der Waals surface area (Å²) in [5.74, 6) is 1.00. The molecule has 0 amide bonds. The van der Waals surface area contributed by atoms with Gasteiger partial charge in [-0.05, 0) is 38.0 Å². The van der Waals surface area contributed by atoms with Crippen LogP contribution in [0.4, 0.5) is 5.82 Å². The molecule has 0 aliphatic heterocycles. The third-order valence-corrected chi connectivity index (χ3v) is 4.61. The molecule has 2 aromatic heterocycles. The van der Waals surface area contributed by atoms with Gasteiger partial charge in [0.1, 0.15) is 5.82 Å². The Morgan fingerprint density at radius 2 is 1.84 bits per heavy atom. The number of nitrogens with one attached hydrogen (secondary N) is 1. The van der Waals surface area contributed by atoms with Crippen LogP contribution < -0.4 is 5.32 Å². The van der Waals surface area contributed by atoms with Crippen LogP contribution in [0, 0.1) is 13.8 Å². The minimum atomic E-state index is 0.733. The molecule has 0 atom stereocenters. The number of hydrogen-bond acceptors (Lipinski definition) is 3. The van der Waals surface area contributed by atoms with E-state index in [1.54, 1.807) is 0 Å². The van der Waals surface area contributed by atoms with Gasteiger partial charge in [0, 0.05) is 28.9 Å². The van der Waals surface area contributed by atoms with Gasteiger partial charge in [-0.2, -0.15) is 9.61 Å². The number of aromatic nitrogens is 3. The Bertz CT molecular complexity index is 852. The third-order valence-electron chi connectivity index (χ3n) is 4.36. The molecule has 1 N–H and O–H groups in total. The van der Waals surface area contributed by atoms with Gasteiger partial charge >= 0.3 is 0 Å². The van der Waals surface area contributed by atoms with Crippen molar-refractivity contribution in [3.63, 3.8) is 0 Å². The average Bonchev–Trinajstić information content (AvgIpc) is 2.91. The average molecular weight is 357 g/mol. The van der Waals surface area contributed by atoms with E-state index in [1.165, 1.54) is 25.7 Å². The smallest absolute Gasteiger partial charge is 0.165 e. The van der Waals surface area contributed by atoms with E-state index < -0.39 is 0 Å². The molecule has 3 rings (SSSR count). The van der Waals surface area contributed by atoms with Gasteiger partial charge in [0.05, 0.1) is 5.69 Å². The Labute approximate surface area is 154 Å². The normalized spacial score (nSPS) is 11.2. The lowest BCUT2D eigenvalue weighted by molar-refractivity contribution is 0.683. The van der Waals surface area contributed by atoms with Crippen LogP contribution in [0.2, 0.25) is 5.02 Å². The van der Waals surface area contributed by atoms with Crippen LogP contribution >= 0.6 is 11.6 Å².